The quantitative estimate of drug-likeness (QED) is 0.942. The molecule has 2 aromatic heterocycles. The summed E-state index contributed by atoms with van der Waals surface area (Å²) in [5.41, 5.74) is 7.55. The smallest absolute Gasteiger partial charge is 0.151 e. The Morgan fingerprint density at radius 1 is 1.41 bits per heavy atom. The first-order valence-electron chi connectivity index (χ1n) is 5.16. The zero-order chi connectivity index (χ0) is 12.3. The van der Waals surface area contributed by atoms with Gasteiger partial charge in [0.15, 0.2) is 5.82 Å². The first kappa shape index (κ1) is 12.5. The van der Waals surface area contributed by atoms with Crippen molar-refractivity contribution >= 4 is 33.1 Å². The maximum Gasteiger partial charge on any atom is 0.151 e. The van der Waals surface area contributed by atoms with Crippen LogP contribution in [0.5, 0.6) is 0 Å². The lowest BCUT2D eigenvalue weighted by Gasteiger charge is -2.16. The summed E-state index contributed by atoms with van der Waals surface area (Å²) in [6, 6.07) is 5.96. The third-order valence-electron chi connectivity index (χ3n) is 2.35. The van der Waals surface area contributed by atoms with E-state index in [0.717, 1.165) is 21.8 Å². The number of halogens is 1. The van der Waals surface area contributed by atoms with Crippen LogP contribution in [0, 0.1) is 0 Å². The monoisotopic (exact) mass is 312 g/mol. The fraction of sp³-hybridized carbons (Fsp3) is 0.273. The molecule has 0 atom stereocenters. The van der Waals surface area contributed by atoms with Crippen molar-refractivity contribution in [3.8, 4) is 0 Å². The number of rotatable bonds is 4. The predicted molar refractivity (Wildman–Crippen MR) is 74.0 cm³/mol. The Labute approximate surface area is 113 Å². The van der Waals surface area contributed by atoms with Crippen LogP contribution < -0.4 is 10.6 Å². The van der Waals surface area contributed by atoms with Crippen LogP contribution >= 0.6 is 27.3 Å². The van der Waals surface area contributed by atoms with Crippen LogP contribution in [0.1, 0.15) is 11.3 Å². The molecule has 0 radical (unpaired) electrons. The topological polar surface area (TPSA) is 55.0 Å². The standard InChI is InChI=1S/C11H13BrN4S/c1-16(6-8-4-10(12)17-7-8)11-3-2-9(5-13)14-15-11/h2-4,7H,5-6,13H2,1H3. The number of nitrogens with zero attached hydrogens (tertiary/aromatic N) is 3. The molecule has 6 heteroatoms. The van der Waals surface area contributed by atoms with Crippen LogP contribution in [0.4, 0.5) is 5.82 Å². The fourth-order valence-corrected chi connectivity index (χ4v) is 2.65. The predicted octanol–water partition coefficient (Wildman–Crippen LogP) is 2.40. The molecule has 0 saturated carbocycles. The second-order valence-corrected chi connectivity index (χ2v) is 5.99. The van der Waals surface area contributed by atoms with Crippen molar-refractivity contribution in [1.29, 1.82) is 0 Å². The van der Waals surface area contributed by atoms with E-state index >= 15 is 0 Å². The highest BCUT2D eigenvalue weighted by Crippen LogP contribution is 2.22. The molecule has 0 bridgehead atoms. The lowest BCUT2D eigenvalue weighted by atomic mass is 10.3. The molecular weight excluding hydrogens is 300 g/mol. The molecule has 90 valence electrons. The lowest BCUT2D eigenvalue weighted by molar-refractivity contribution is 0.837. The number of nitrogens with two attached hydrogens (primary N) is 1. The minimum atomic E-state index is 0.425. The Morgan fingerprint density at radius 3 is 2.76 bits per heavy atom. The van der Waals surface area contributed by atoms with E-state index in [0.29, 0.717) is 6.54 Å². The van der Waals surface area contributed by atoms with Gasteiger partial charge in [-0.15, -0.1) is 16.4 Å². The molecule has 0 aliphatic carbocycles. The van der Waals surface area contributed by atoms with E-state index in [1.54, 1.807) is 11.3 Å². The van der Waals surface area contributed by atoms with E-state index in [-0.39, 0.29) is 0 Å². The molecule has 17 heavy (non-hydrogen) atoms. The minimum Gasteiger partial charge on any atom is -0.354 e. The van der Waals surface area contributed by atoms with Crippen molar-refractivity contribution in [2.24, 2.45) is 5.73 Å². The van der Waals surface area contributed by atoms with Crippen LogP contribution in [0.15, 0.2) is 27.4 Å². The minimum absolute atomic E-state index is 0.425. The molecule has 0 amide bonds. The van der Waals surface area contributed by atoms with Crippen molar-refractivity contribution < 1.29 is 0 Å². The first-order valence-corrected chi connectivity index (χ1v) is 6.83. The number of hydrogen-bond donors (Lipinski definition) is 1. The third kappa shape index (κ3) is 3.24. The van der Waals surface area contributed by atoms with E-state index in [9.17, 15) is 0 Å². The molecule has 0 aliphatic rings. The molecule has 2 aromatic rings. The highest BCUT2D eigenvalue weighted by Gasteiger charge is 2.05. The Morgan fingerprint density at radius 2 is 2.24 bits per heavy atom. The van der Waals surface area contributed by atoms with Gasteiger partial charge in [0.25, 0.3) is 0 Å². The zero-order valence-electron chi connectivity index (χ0n) is 9.43. The van der Waals surface area contributed by atoms with Gasteiger partial charge < -0.3 is 10.6 Å². The Kier molecular flexibility index (Phi) is 4.09. The highest BCUT2D eigenvalue weighted by atomic mass is 79.9. The molecule has 2 heterocycles. The second-order valence-electron chi connectivity index (χ2n) is 3.70. The van der Waals surface area contributed by atoms with Gasteiger partial charge in [0.2, 0.25) is 0 Å². The Hall–Kier alpha value is -0.980. The Bertz CT molecular complexity index is 482. The summed E-state index contributed by atoms with van der Waals surface area (Å²) in [5.74, 6) is 0.851. The molecular formula is C11H13BrN4S. The molecule has 0 spiro atoms. The van der Waals surface area contributed by atoms with E-state index in [1.807, 2.05) is 19.2 Å². The number of anilines is 1. The molecule has 0 unspecified atom stereocenters. The average molecular weight is 313 g/mol. The summed E-state index contributed by atoms with van der Waals surface area (Å²) >= 11 is 5.14. The van der Waals surface area contributed by atoms with Crippen LogP contribution in [-0.4, -0.2) is 17.2 Å². The van der Waals surface area contributed by atoms with Gasteiger partial charge in [0, 0.05) is 20.1 Å². The van der Waals surface area contributed by atoms with Crippen molar-refractivity contribution in [3.63, 3.8) is 0 Å². The maximum atomic E-state index is 5.48. The Balaban J connectivity index is 2.06. The molecule has 2 rings (SSSR count). The number of thiophene rings is 1. The number of hydrogen-bond acceptors (Lipinski definition) is 5. The van der Waals surface area contributed by atoms with Crippen molar-refractivity contribution in [2.45, 2.75) is 13.1 Å². The van der Waals surface area contributed by atoms with Gasteiger partial charge in [0.1, 0.15) is 0 Å². The van der Waals surface area contributed by atoms with Gasteiger partial charge >= 0.3 is 0 Å². The SMILES string of the molecule is CN(Cc1csc(Br)c1)c1ccc(CN)nn1. The van der Waals surface area contributed by atoms with Crippen molar-refractivity contribution in [2.75, 3.05) is 11.9 Å². The van der Waals surface area contributed by atoms with Crippen molar-refractivity contribution in [3.05, 3.63) is 38.6 Å². The summed E-state index contributed by atoms with van der Waals surface area (Å²) in [5, 5.41) is 10.3. The normalized spacial score (nSPS) is 10.5. The van der Waals surface area contributed by atoms with Gasteiger partial charge in [-0.05, 0) is 45.1 Å². The summed E-state index contributed by atoms with van der Waals surface area (Å²) < 4.78 is 1.14. The zero-order valence-corrected chi connectivity index (χ0v) is 11.8. The molecule has 0 aromatic carbocycles. The van der Waals surface area contributed by atoms with Gasteiger partial charge in [-0.3, -0.25) is 0 Å². The van der Waals surface area contributed by atoms with Crippen molar-refractivity contribution in [1.82, 2.24) is 10.2 Å². The van der Waals surface area contributed by atoms with Crippen LogP contribution in [-0.2, 0) is 13.1 Å². The largest absolute Gasteiger partial charge is 0.354 e. The van der Waals surface area contributed by atoms with Gasteiger partial charge in [-0.1, -0.05) is 0 Å². The van der Waals surface area contributed by atoms with E-state index in [2.05, 4.69) is 42.5 Å². The second kappa shape index (κ2) is 5.57. The lowest BCUT2D eigenvalue weighted by Crippen LogP contribution is -2.18. The average Bonchev–Trinajstić information content (AvgIpc) is 2.75. The molecule has 4 nitrogen and oxygen atoms in total. The van der Waals surface area contributed by atoms with E-state index in [4.69, 9.17) is 5.73 Å². The molecule has 0 fully saturated rings. The maximum absolute atomic E-state index is 5.48. The van der Waals surface area contributed by atoms with Crippen LogP contribution in [0.3, 0.4) is 0 Å². The van der Waals surface area contributed by atoms with Gasteiger partial charge in [-0.2, -0.15) is 5.10 Å². The van der Waals surface area contributed by atoms with Gasteiger partial charge in [-0.25, -0.2) is 0 Å². The first-order chi connectivity index (χ1) is 8.19. The van der Waals surface area contributed by atoms with Gasteiger partial charge in [0.05, 0.1) is 9.48 Å². The fourth-order valence-electron chi connectivity index (χ4n) is 1.45. The highest BCUT2D eigenvalue weighted by molar-refractivity contribution is 9.11. The molecule has 0 aliphatic heterocycles. The molecule has 0 saturated heterocycles. The third-order valence-corrected chi connectivity index (χ3v) is 3.90. The van der Waals surface area contributed by atoms with Crippen LogP contribution in [0.2, 0.25) is 0 Å². The van der Waals surface area contributed by atoms with E-state index in [1.165, 1.54) is 5.56 Å². The molecule has 2 N–H and O–H groups in total. The summed E-state index contributed by atoms with van der Waals surface area (Å²) in [6.45, 7) is 1.24. The summed E-state index contributed by atoms with van der Waals surface area (Å²) in [4.78, 5) is 2.06. The number of aromatic nitrogens is 2. The van der Waals surface area contributed by atoms with E-state index < -0.39 is 0 Å². The van der Waals surface area contributed by atoms with Crippen LogP contribution in [0.25, 0.3) is 0 Å². The summed E-state index contributed by atoms with van der Waals surface area (Å²) in [6.07, 6.45) is 0. The summed E-state index contributed by atoms with van der Waals surface area (Å²) in [7, 11) is 2.00.